The number of nitrogens with one attached hydrogen (secondary N) is 1. The van der Waals surface area contributed by atoms with Crippen LogP contribution >= 0.6 is 11.6 Å². The lowest BCUT2D eigenvalue weighted by molar-refractivity contribution is 0.325. The minimum atomic E-state index is 0.272. The van der Waals surface area contributed by atoms with E-state index >= 15 is 0 Å². The van der Waals surface area contributed by atoms with E-state index in [-0.39, 0.29) is 6.04 Å². The summed E-state index contributed by atoms with van der Waals surface area (Å²) in [4.78, 5) is 0. The van der Waals surface area contributed by atoms with Crippen LogP contribution < -0.4 is 11.1 Å². The van der Waals surface area contributed by atoms with Crippen molar-refractivity contribution in [1.29, 1.82) is 0 Å². The Balaban J connectivity index is 1.84. The predicted octanol–water partition coefficient (Wildman–Crippen LogP) is 1.49. The van der Waals surface area contributed by atoms with Crippen molar-refractivity contribution < 1.29 is 0 Å². The van der Waals surface area contributed by atoms with Gasteiger partial charge in [-0.15, -0.1) is 5.10 Å². The molecule has 2 atom stereocenters. The molecule has 16 heavy (non-hydrogen) atoms. The van der Waals surface area contributed by atoms with E-state index in [4.69, 9.17) is 17.3 Å². The van der Waals surface area contributed by atoms with E-state index in [1.165, 1.54) is 12.8 Å². The third kappa shape index (κ3) is 3.14. The molecule has 1 aliphatic rings. The normalized spacial score (nSPS) is 25.6. The van der Waals surface area contributed by atoms with Gasteiger partial charge in [0.05, 0.1) is 5.69 Å². The fraction of sp³-hybridized carbons (Fsp3) is 0.636. The summed E-state index contributed by atoms with van der Waals surface area (Å²) in [6.45, 7) is 0.711. The fourth-order valence-electron chi connectivity index (χ4n) is 2.09. The first-order chi connectivity index (χ1) is 7.75. The van der Waals surface area contributed by atoms with Crippen molar-refractivity contribution >= 4 is 11.6 Å². The molecule has 3 N–H and O–H groups in total. The quantitative estimate of drug-likeness (QED) is 0.840. The summed E-state index contributed by atoms with van der Waals surface area (Å²) >= 11 is 5.67. The van der Waals surface area contributed by atoms with Crippen LogP contribution in [-0.4, -0.2) is 22.3 Å². The topological polar surface area (TPSA) is 63.8 Å². The molecular formula is C11H17ClN4. The van der Waals surface area contributed by atoms with Gasteiger partial charge in [-0.2, -0.15) is 5.10 Å². The number of aromatic nitrogens is 2. The molecule has 0 bridgehead atoms. The Morgan fingerprint density at radius 2 is 2.12 bits per heavy atom. The van der Waals surface area contributed by atoms with Crippen LogP contribution in [0.1, 0.15) is 31.4 Å². The van der Waals surface area contributed by atoms with Gasteiger partial charge in [0, 0.05) is 18.6 Å². The lowest BCUT2D eigenvalue weighted by atomic mass is 9.91. The summed E-state index contributed by atoms with van der Waals surface area (Å²) in [5.41, 5.74) is 6.95. The Morgan fingerprint density at radius 3 is 2.81 bits per heavy atom. The third-order valence-electron chi connectivity index (χ3n) is 3.05. The Hall–Kier alpha value is -0.710. The van der Waals surface area contributed by atoms with Gasteiger partial charge in [-0.05, 0) is 25.0 Å². The highest BCUT2D eigenvalue weighted by Crippen LogP contribution is 2.17. The monoisotopic (exact) mass is 240 g/mol. The number of rotatable bonds is 3. The molecule has 1 heterocycles. The lowest BCUT2D eigenvalue weighted by Gasteiger charge is -2.29. The Morgan fingerprint density at radius 1 is 1.31 bits per heavy atom. The van der Waals surface area contributed by atoms with Crippen molar-refractivity contribution in [3.63, 3.8) is 0 Å². The fourth-order valence-corrected chi connectivity index (χ4v) is 2.19. The van der Waals surface area contributed by atoms with Crippen LogP contribution in [0.4, 0.5) is 0 Å². The van der Waals surface area contributed by atoms with E-state index < -0.39 is 0 Å². The van der Waals surface area contributed by atoms with Gasteiger partial charge in [0.25, 0.3) is 0 Å². The zero-order valence-electron chi connectivity index (χ0n) is 9.19. The zero-order valence-corrected chi connectivity index (χ0v) is 9.95. The largest absolute Gasteiger partial charge is 0.326 e. The SMILES string of the molecule is N[C@H]1CCCC[C@@H]1NCc1ccc(Cl)nn1. The van der Waals surface area contributed by atoms with Crippen molar-refractivity contribution in [3.05, 3.63) is 23.0 Å². The summed E-state index contributed by atoms with van der Waals surface area (Å²) in [6.07, 6.45) is 4.78. The molecule has 0 spiro atoms. The van der Waals surface area contributed by atoms with Gasteiger partial charge in [0.15, 0.2) is 5.15 Å². The van der Waals surface area contributed by atoms with Crippen molar-refractivity contribution in [2.75, 3.05) is 0 Å². The molecule has 0 radical (unpaired) electrons. The van der Waals surface area contributed by atoms with E-state index in [1.807, 2.05) is 6.07 Å². The summed E-state index contributed by atoms with van der Waals surface area (Å²) < 4.78 is 0. The van der Waals surface area contributed by atoms with Gasteiger partial charge >= 0.3 is 0 Å². The molecule has 1 saturated carbocycles. The lowest BCUT2D eigenvalue weighted by Crippen LogP contribution is -2.46. The molecular weight excluding hydrogens is 224 g/mol. The van der Waals surface area contributed by atoms with Crippen molar-refractivity contribution in [3.8, 4) is 0 Å². The molecule has 5 heteroatoms. The smallest absolute Gasteiger partial charge is 0.151 e. The molecule has 2 rings (SSSR count). The molecule has 1 fully saturated rings. The summed E-state index contributed by atoms with van der Waals surface area (Å²) in [6, 6.07) is 4.32. The van der Waals surface area contributed by atoms with Crippen LogP contribution in [0.25, 0.3) is 0 Å². The highest BCUT2D eigenvalue weighted by Gasteiger charge is 2.20. The first-order valence-corrected chi connectivity index (χ1v) is 6.10. The summed E-state index contributed by atoms with van der Waals surface area (Å²) in [7, 11) is 0. The van der Waals surface area contributed by atoms with Crippen LogP contribution in [0.5, 0.6) is 0 Å². The minimum Gasteiger partial charge on any atom is -0.326 e. The second-order valence-corrected chi connectivity index (χ2v) is 4.67. The minimum absolute atomic E-state index is 0.272. The van der Waals surface area contributed by atoms with E-state index in [2.05, 4.69) is 15.5 Å². The second kappa shape index (κ2) is 5.57. The van der Waals surface area contributed by atoms with Crippen LogP contribution in [0, 0.1) is 0 Å². The maximum absolute atomic E-state index is 6.05. The van der Waals surface area contributed by atoms with Gasteiger partial charge in [-0.25, -0.2) is 0 Å². The summed E-state index contributed by atoms with van der Waals surface area (Å²) in [5, 5.41) is 11.7. The van der Waals surface area contributed by atoms with Gasteiger partial charge < -0.3 is 11.1 Å². The van der Waals surface area contributed by atoms with E-state index in [0.29, 0.717) is 17.7 Å². The maximum atomic E-state index is 6.05. The van der Waals surface area contributed by atoms with Crippen LogP contribution in [0.3, 0.4) is 0 Å². The van der Waals surface area contributed by atoms with Crippen molar-refractivity contribution in [2.24, 2.45) is 5.73 Å². The number of hydrogen-bond acceptors (Lipinski definition) is 4. The molecule has 1 aromatic rings. The number of nitrogens with zero attached hydrogens (tertiary/aromatic N) is 2. The van der Waals surface area contributed by atoms with E-state index in [0.717, 1.165) is 18.5 Å². The Labute approximate surface area is 101 Å². The Kier molecular flexibility index (Phi) is 4.09. The molecule has 0 saturated heterocycles. The number of halogens is 1. The standard InChI is InChI=1S/C11H17ClN4/c12-11-6-5-8(15-16-11)7-14-10-4-2-1-3-9(10)13/h5-6,9-10,14H,1-4,7,13H2/t9-,10-/m0/s1. The third-order valence-corrected chi connectivity index (χ3v) is 3.25. The number of nitrogens with two attached hydrogens (primary N) is 1. The molecule has 4 nitrogen and oxygen atoms in total. The average Bonchev–Trinajstić information content (AvgIpc) is 2.30. The maximum Gasteiger partial charge on any atom is 0.151 e. The summed E-state index contributed by atoms with van der Waals surface area (Å²) in [5.74, 6) is 0. The van der Waals surface area contributed by atoms with E-state index in [9.17, 15) is 0 Å². The van der Waals surface area contributed by atoms with Gasteiger partial charge in [-0.1, -0.05) is 24.4 Å². The molecule has 0 aromatic carbocycles. The average molecular weight is 241 g/mol. The first-order valence-electron chi connectivity index (χ1n) is 5.73. The second-order valence-electron chi connectivity index (χ2n) is 4.28. The highest BCUT2D eigenvalue weighted by atomic mass is 35.5. The molecule has 88 valence electrons. The molecule has 0 unspecified atom stereocenters. The highest BCUT2D eigenvalue weighted by molar-refractivity contribution is 6.29. The molecule has 0 amide bonds. The van der Waals surface area contributed by atoms with Gasteiger partial charge in [-0.3, -0.25) is 0 Å². The van der Waals surface area contributed by atoms with Crippen LogP contribution in [-0.2, 0) is 6.54 Å². The van der Waals surface area contributed by atoms with Crippen LogP contribution in [0.2, 0.25) is 5.15 Å². The van der Waals surface area contributed by atoms with E-state index in [1.54, 1.807) is 6.07 Å². The predicted molar refractivity (Wildman–Crippen MR) is 64.1 cm³/mol. The Bertz CT molecular complexity index is 327. The van der Waals surface area contributed by atoms with Crippen molar-refractivity contribution in [1.82, 2.24) is 15.5 Å². The molecule has 1 aromatic heterocycles. The van der Waals surface area contributed by atoms with Gasteiger partial charge in [0.2, 0.25) is 0 Å². The van der Waals surface area contributed by atoms with Crippen LogP contribution in [0.15, 0.2) is 12.1 Å². The molecule has 0 aliphatic heterocycles. The number of hydrogen-bond donors (Lipinski definition) is 2. The van der Waals surface area contributed by atoms with Crippen molar-refractivity contribution in [2.45, 2.75) is 44.3 Å². The first kappa shape index (κ1) is 11.8. The van der Waals surface area contributed by atoms with Gasteiger partial charge in [0.1, 0.15) is 0 Å². The molecule has 1 aliphatic carbocycles. The zero-order chi connectivity index (χ0) is 11.4.